The molecule has 148 valence electrons. The van der Waals surface area contributed by atoms with E-state index < -0.39 is 11.6 Å². The number of halogens is 2. The van der Waals surface area contributed by atoms with Gasteiger partial charge in [0.2, 0.25) is 0 Å². The molecule has 0 aliphatic heterocycles. The number of benzene rings is 1. The van der Waals surface area contributed by atoms with E-state index in [-0.39, 0.29) is 17.6 Å². The van der Waals surface area contributed by atoms with Gasteiger partial charge in [0.25, 0.3) is 5.91 Å². The highest BCUT2D eigenvalue weighted by Gasteiger charge is 2.23. The first-order valence-electron chi connectivity index (χ1n) is 8.96. The molecule has 0 radical (unpaired) electrons. The number of rotatable bonds is 5. The molecule has 3 aromatic rings. The van der Waals surface area contributed by atoms with E-state index in [1.807, 2.05) is 12.3 Å². The fourth-order valence-electron chi connectivity index (χ4n) is 2.97. The van der Waals surface area contributed by atoms with E-state index in [9.17, 15) is 13.6 Å². The summed E-state index contributed by atoms with van der Waals surface area (Å²) in [7, 11) is 0. The van der Waals surface area contributed by atoms with Gasteiger partial charge in [-0.1, -0.05) is 13.8 Å². The Labute approximate surface area is 166 Å². The minimum Gasteiger partial charge on any atom is -0.344 e. The molecular weight excluding hydrogens is 382 g/mol. The quantitative estimate of drug-likeness (QED) is 0.662. The summed E-state index contributed by atoms with van der Waals surface area (Å²) >= 11 is 1.57. The van der Waals surface area contributed by atoms with E-state index in [1.165, 1.54) is 10.7 Å². The van der Waals surface area contributed by atoms with Crippen molar-refractivity contribution in [2.75, 3.05) is 0 Å². The molecule has 0 saturated carbocycles. The molecule has 5 nitrogen and oxygen atoms in total. The number of hydrogen-bond donors (Lipinski definition) is 1. The summed E-state index contributed by atoms with van der Waals surface area (Å²) in [6.45, 7) is 9.38. The molecule has 0 saturated heterocycles. The second-order valence-corrected chi connectivity index (χ2v) is 7.90. The average Bonchev–Trinajstić information content (AvgIpc) is 3.20. The van der Waals surface area contributed by atoms with Crippen molar-refractivity contribution in [3.8, 4) is 5.69 Å². The van der Waals surface area contributed by atoms with Crippen molar-refractivity contribution in [2.45, 2.75) is 46.6 Å². The molecule has 0 aliphatic rings. The molecule has 1 unspecified atom stereocenters. The van der Waals surface area contributed by atoms with Gasteiger partial charge in [-0.3, -0.25) is 4.79 Å². The lowest BCUT2D eigenvalue weighted by Crippen LogP contribution is -2.27. The van der Waals surface area contributed by atoms with Crippen LogP contribution < -0.4 is 5.32 Å². The van der Waals surface area contributed by atoms with Crippen molar-refractivity contribution >= 4 is 17.2 Å². The largest absolute Gasteiger partial charge is 0.344 e. The second kappa shape index (κ2) is 7.79. The van der Waals surface area contributed by atoms with Gasteiger partial charge in [-0.2, -0.15) is 5.10 Å². The molecule has 0 bridgehead atoms. The molecule has 0 aliphatic carbocycles. The van der Waals surface area contributed by atoms with Crippen molar-refractivity contribution in [1.82, 2.24) is 20.1 Å². The van der Waals surface area contributed by atoms with Crippen LogP contribution in [0.5, 0.6) is 0 Å². The van der Waals surface area contributed by atoms with Crippen LogP contribution in [0.15, 0.2) is 23.6 Å². The van der Waals surface area contributed by atoms with Crippen LogP contribution >= 0.6 is 11.3 Å². The van der Waals surface area contributed by atoms with E-state index in [4.69, 9.17) is 0 Å². The number of aromatic nitrogens is 3. The van der Waals surface area contributed by atoms with Gasteiger partial charge in [-0.15, -0.1) is 11.3 Å². The molecule has 2 aromatic heterocycles. The first-order valence-corrected chi connectivity index (χ1v) is 9.84. The summed E-state index contributed by atoms with van der Waals surface area (Å²) in [5.74, 6) is -1.39. The molecule has 2 heterocycles. The van der Waals surface area contributed by atoms with E-state index in [2.05, 4.69) is 29.2 Å². The zero-order chi connectivity index (χ0) is 20.6. The Balaban J connectivity index is 1.87. The maximum absolute atomic E-state index is 14.1. The lowest BCUT2D eigenvalue weighted by atomic mass is 10.1. The summed E-state index contributed by atoms with van der Waals surface area (Å²) in [5, 5.41) is 10.2. The Morgan fingerprint density at radius 2 is 1.93 bits per heavy atom. The zero-order valence-electron chi connectivity index (χ0n) is 16.4. The number of aryl methyl sites for hydroxylation is 1. The van der Waals surface area contributed by atoms with Crippen molar-refractivity contribution in [3.63, 3.8) is 0 Å². The summed E-state index contributed by atoms with van der Waals surface area (Å²) in [4.78, 5) is 17.4. The SMILES string of the molecule is Cc1nn(-c2ccc(F)cc2F)c(C)c1C(=O)NC(C)c1csc(C(C)C)n1. The maximum atomic E-state index is 14.1. The predicted molar refractivity (Wildman–Crippen MR) is 105 cm³/mol. The third-order valence-electron chi connectivity index (χ3n) is 4.48. The van der Waals surface area contributed by atoms with Crippen LogP contribution in [0, 0.1) is 25.5 Å². The van der Waals surface area contributed by atoms with Gasteiger partial charge in [-0.25, -0.2) is 18.4 Å². The molecule has 28 heavy (non-hydrogen) atoms. The van der Waals surface area contributed by atoms with Crippen molar-refractivity contribution < 1.29 is 13.6 Å². The summed E-state index contributed by atoms with van der Waals surface area (Å²) < 4.78 is 28.7. The number of carbonyl (C=O) groups excluding carboxylic acids is 1. The van der Waals surface area contributed by atoms with Crippen LogP contribution in [0.3, 0.4) is 0 Å². The fourth-order valence-corrected chi connectivity index (χ4v) is 3.90. The Kier molecular flexibility index (Phi) is 5.60. The van der Waals surface area contributed by atoms with Crippen LogP contribution in [0.2, 0.25) is 0 Å². The van der Waals surface area contributed by atoms with Gasteiger partial charge >= 0.3 is 0 Å². The Morgan fingerprint density at radius 1 is 1.21 bits per heavy atom. The molecule has 1 aromatic carbocycles. The van der Waals surface area contributed by atoms with Gasteiger partial charge in [0, 0.05) is 17.4 Å². The van der Waals surface area contributed by atoms with Crippen molar-refractivity contribution in [3.05, 3.63) is 62.9 Å². The monoisotopic (exact) mass is 404 g/mol. The van der Waals surface area contributed by atoms with Gasteiger partial charge in [0.1, 0.15) is 11.5 Å². The highest BCUT2D eigenvalue weighted by atomic mass is 32.1. The van der Waals surface area contributed by atoms with Crippen LogP contribution in [0.1, 0.15) is 65.2 Å². The van der Waals surface area contributed by atoms with Crippen LogP contribution in [0.25, 0.3) is 5.69 Å². The van der Waals surface area contributed by atoms with Crippen molar-refractivity contribution in [1.29, 1.82) is 0 Å². The van der Waals surface area contributed by atoms with Gasteiger partial charge < -0.3 is 5.32 Å². The topological polar surface area (TPSA) is 59.8 Å². The summed E-state index contributed by atoms with van der Waals surface area (Å²) in [6.07, 6.45) is 0. The number of amides is 1. The molecule has 0 fully saturated rings. The highest BCUT2D eigenvalue weighted by Crippen LogP contribution is 2.24. The van der Waals surface area contributed by atoms with E-state index in [0.29, 0.717) is 22.9 Å². The van der Waals surface area contributed by atoms with Gasteiger partial charge in [0.05, 0.1) is 33.7 Å². The molecule has 0 spiro atoms. The van der Waals surface area contributed by atoms with Crippen LogP contribution in [0.4, 0.5) is 8.78 Å². The average molecular weight is 404 g/mol. The Morgan fingerprint density at radius 3 is 2.54 bits per heavy atom. The maximum Gasteiger partial charge on any atom is 0.255 e. The molecule has 8 heteroatoms. The van der Waals surface area contributed by atoms with E-state index >= 15 is 0 Å². The second-order valence-electron chi connectivity index (χ2n) is 7.01. The molecule has 3 rings (SSSR count). The molecule has 1 N–H and O–H groups in total. The third-order valence-corrected chi connectivity index (χ3v) is 5.64. The molecule has 1 amide bonds. The number of thiazole rings is 1. The Bertz CT molecular complexity index is 1030. The van der Waals surface area contributed by atoms with Crippen molar-refractivity contribution in [2.24, 2.45) is 0 Å². The normalized spacial score (nSPS) is 12.4. The zero-order valence-corrected chi connectivity index (χ0v) is 17.2. The van der Waals surface area contributed by atoms with Gasteiger partial charge in [-0.05, 0) is 32.9 Å². The molecule has 1 atom stereocenters. The highest BCUT2D eigenvalue weighted by molar-refractivity contribution is 7.09. The Hall–Kier alpha value is -2.61. The minimum absolute atomic E-state index is 0.0928. The summed E-state index contributed by atoms with van der Waals surface area (Å²) in [6, 6.07) is 2.98. The number of hydrogen-bond acceptors (Lipinski definition) is 4. The standard InChI is InChI=1S/C20H22F2N4OS/c1-10(2)20-24-16(9-28-20)11(3)23-19(27)18-12(4)25-26(13(18)5)17-7-6-14(21)8-15(17)22/h6-11H,1-5H3,(H,23,27). The summed E-state index contributed by atoms with van der Waals surface area (Å²) in [5.41, 5.74) is 2.21. The smallest absolute Gasteiger partial charge is 0.255 e. The number of carbonyl (C=O) groups is 1. The first-order chi connectivity index (χ1) is 13.2. The lowest BCUT2D eigenvalue weighted by Gasteiger charge is -2.12. The van der Waals surface area contributed by atoms with E-state index in [1.54, 1.807) is 25.2 Å². The van der Waals surface area contributed by atoms with Gasteiger partial charge in [0.15, 0.2) is 5.82 Å². The minimum atomic E-state index is -0.741. The molecular formula is C20H22F2N4OS. The fraction of sp³-hybridized carbons (Fsp3) is 0.350. The number of nitrogens with one attached hydrogen (secondary N) is 1. The van der Waals surface area contributed by atoms with Crippen LogP contribution in [-0.4, -0.2) is 20.7 Å². The predicted octanol–water partition coefficient (Wildman–Crippen LogP) is 4.84. The lowest BCUT2D eigenvalue weighted by molar-refractivity contribution is 0.0938. The van der Waals surface area contributed by atoms with Crippen LogP contribution in [-0.2, 0) is 0 Å². The van der Waals surface area contributed by atoms with E-state index in [0.717, 1.165) is 22.8 Å². The number of nitrogens with zero attached hydrogens (tertiary/aromatic N) is 3. The third kappa shape index (κ3) is 3.82. The first kappa shape index (κ1) is 20.1.